The number of benzene rings is 2. The highest BCUT2D eigenvalue weighted by Gasteiger charge is 2.21. The molecule has 2 atom stereocenters. The van der Waals surface area contributed by atoms with Crippen LogP contribution in [0, 0.1) is 23.5 Å². The molecule has 0 spiro atoms. The van der Waals surface area contributed by atoms with Crippen molar-refractivity contribution < 1.29 is 8.78 Å². The van der Waals surface area contributed by atoms with Gasteiger partial charge in [-0.1, -0.05) is 62.1 Å². The van der Waals surface area contributed by atoms with E-state index in [0.29, 0.717) is 29.1 Å². The van der Waals surface area contributed by atoms with Gasteiger partial charge in [-0.15, -0.1) is 11.3 Å². The number of rotatable bonds is 8. The molecule has 1 N–H and O–H groups in total. The van der Waals surface area contributed by atoms with E-state index in [4.69, 9.17) is 11.6 Å². The molecule has 0 saturated heterocycles. The average molecular weight is 483 g/mol. The van der Waals surface area contributed by atoms with E-state index < -0.39 is 11.6 Å². The molecule has 1 aliphatic carbocycles. The number of thiazole rings is 1. The summed E-state index contributed by atoms with van der Waals surface area (Å²) in [5, 5.41) is 4.56. The number of hydrogen-bond acceptors (Lipinski definition) is 3. The summed E-state index contributed by atoms with van der Waals surface area (Å²) in [6.07, 6.45) is 10.1. The van der Waals surface area contributed by atoms with E-state index in [2.05, 4.69) is 35.6 Å². The molecule has 170 valence electrons. The molecule has 33 heavy (non-hydrogen) atoms. The van der Waals surface area contributed by atoms with Crippen LogP contribution in [-0.2, 0) is 12.8 Å². The van der Waals surface area contributed by atoms with Gasteiger partial charge in [0.15, 0.2) is 0 Å². The second kappa shape index (κ2) is 10.0. The highest BCUT2D eigenvalue weighted by molar-refractivity contribution is 7.18. The first-order chi connectivity index (χ1) is 15.8. The van der Waals surface area contributed by atoms with Gasteiger partial charge in [-0.3, -0.25) is 0 Å². The topological polar surface area (TPSA) is 24.9 Å². The number of hydrogen-bond donors (Lipinski definition) is 1. The third kappa shape index (κ3) is 5.26. The van der Waals surface area contributed by atoms with Gasteiger partial charge in [-0.2, -0.15) is 0 Å². The molecule has 0 fully saturated rings. The van der Waals surface area contributed by atoms with Crippen LogP contribution in [0.1, 0.15) is 29.5 Å². The van der Waals surface area contributed by atoms with Crippen LogP contribution < -0.4 is 5.32 Å². The molecule has 1 heterocycles. The van der Waals surface area contributed by atoms with Crippen molar-refractivity contribution in [1.29, 1.82) is 0 Å². The third-order valence-electron chi connectivity index (χ3n) is 5.99. The lowest BCUT2D eigenvalue weighted by Gasteiger charge is -2.25. The molecule has 2 nitrogen and oxygen atoms in total. The summed E-state index contributed by atoms with van der Waals surface area (Å²) in [6.45, 7) is 10.0. The summed E-state index contributed by atoms with van der Waals surface area (Å²) >= 11 is 7.59. The lowest BCUT2D eigenvalue weighted by Crippen LogP contribution is -2.22. The van der Waals surface area contributed by atoms with Gasteiger partial charge in [-0.25, -0.2) is 13.8 Å². The summed E-state index contributed by atoms with van der Waals surface area (Å²) in [5.74, 6) is -0.876. The Labute approximate surface area is 202 Å². The Balaban J connectivity index is 1.47. The molecule has 0 bridgehead atoms. The molecule has 4 rings (SSSR count). The van der Waals surface area contributed by atoms with Crippen LogP contribution in [-0.4, -0.2) is 4.98 Å². The normalized spacial score (nSPS) is 16.2. The second-order valence-electron chi connectivity index (χ2n) is 8.25. The Morgan fingerprint density at radius 1 is 1.21 bits per heavy atom. The van der Waals surface area contributed by atoms with E-state index in [1.807, 2.05) is 37.3 Å². The van der Waals surface area contributed by atoms with Gasteiger partial charge >= 0.3 is 0 Å². The number of allylic oxidation sites excluding steroid dienone is 5. The minimum Gasteiger partial charge on any atom is -0.359 e. The molecular formula is C27H25ClF2N2S. The Morgan fingerprint density at radius 3 is 2.79 bits per heavy atom. The first kappa shape index (κ1) is 23.4. The van der Waals surface area contributed by atoms with E-state index in [9.17, 15) is 4.39 Å². The van der Waals surface area contributed by atoms with Crippen LogP contribution >= 0.6 is 22.9 Å². The Kier molecular flexibility index (Phi) is 7.11. The largest absolute Gasteiger partial charge is 0.359 e. The van der Waals surface area contributed by atoms with E-state index in [1.54, 1.807) is 11.3 Å². The van der Waals surface area contributed by atoms with Crippen molar-refractivity contribution >= 4 is 38.9 Å². The fourth-order valence-electron chi connectivity index (χ4n) is 3.96. The lowest BCUT2D eigenvalue weighted by molar-refractivity contribution is 0.476. The van der Waals surface area contributed by atoms with Crippen molar-refractivity contribution in [2.45, 2.75) is 26.2 Å². The fourth-order valence-corrected chi connectivity index (χ4v) is 5.07. The molecule has 1 aromatic heterocycles. The van der Waals surface area contributed by atoms with Crippen molar-refractivity contribution in [3.05, 3.63) is 106 Å². The third-order valence-corrected chi connectivity index (χ3v) is 7.32. The van der Waals surface area contributed by atoms with Gasteiger partial charge in [0, 0.05) is 28.8 Å². The molecule has 0 amide bonds. The number of aromatic nitrogens is 1. The second-order valence-corrected chi connectivity index (χ2v) is 9.80. The van der Waals surface area contributed by atoms with Crippen LogP contribution in [0.25, 0.3) is 15.9 Å². The first-order valence-corrected chi connectivity index (χ1v) is 12.0. The minimum absolute atomic E-state index is 0.0878. The van der Waals surface area contributed by atoms with E-state index >= 15 is 4.39 Å². The summed E-state index contributed by atoms with van der Waals surface area (Å²) in [5.41, 5.74) is 1.97. The molecule has 6 heteroatoms. The van der Waals surface area contributed by atoms with Gasteiger partial charge in [0.2, 0.25) is 0 Å². The Morgan fingerprint density at radius 2 is 2.03 bits per heavy atom. The smallest absolute Gasteiger partial charge is 0.138 e. The predicted molar refractivity (Wildman–Crippen MR) is 135 cm³/mol. The van der Waals surface area contributed by atoms with Crippen molar-refractivity contribution in [1.82, 2.24) is 10.3 Å². The number of fused-ring (bicyclic) bond motifs is 1. The molecule has 0 radical (unpaired) electrons. The van der Waals surface area contributed by atoms with Crippen molar-refractivity contribution in [2.75, 3.05) is 0 Å². The highest BCUT2D eigenvalue weighted by atomic mass is 35.5. The van der Waals surface area contributed by atoms with Crippen molar-refractivity contribution in [3.8, 4) is 0 Å². The molecule has 2 aromatic carbocycles. The maximum atomic E-state index is 15.3. The van der Waals surface area contributed by atoms with Crippen LogP contribution in [0.5, 0.6) is 0 Å². The SMILES string of the molecule is C=C(NC(=C)[C@H](C)[C@H]1C=CC=CC1)c1c(F)ccc(CCc2nc3cc(Cl)ccc3s2)c1F. The standard InChI is InChI=1S/C27H25ClF2N2S/c1-16(19-7-5-4-6-8-19)17(2)31-18(3)26-22(29)12-9-20(27(26)30)10-14-25-32-23-15-21(28)11-13-24(23)33-25/h4-7,9,11-13,15-16,19,31H,2-3,8,10,14H2,1H3/t16-,19-/m0/s1. The Hall–Kier alpha value is -2.76. The summed E-state index contributed by atoms with van der Waals surface area (Å²) < 4.78 is 31.0. The van der Waals surface area contributed by atoms with Crippen LogP contribution in [0.4, 0.5) is 8.78 Å². The molecular weight excluding hydrogens is 458 g/mol. The van der Waals surface area contributed by atoms with Gasteiger partial charge in [-0.05, 0) is 48.6 Å². The van der Waals surface area contributed by atoms with E-state index in [-0.39, 0.29) is 23.1 Å². The van der Waals surface area contributed by atoms with Crippen LogP contribution in [0.3, 0.4) is 0 Å². The first-order valence-electron chi connectivity index (χ1n) is 10.8. The maximum Gasteiger partial charge on any atom is 0.138 e. The summed E-state index contributed by atoms with van der Waals surface area (Å²) in [7, 11) is 0. The summed E-state index contributed by atoms with van der Waals surface area (Å²) in [6, 6.07) is 8.35. The Bertz CT molecular complexity index is 1270. The molecule has 0 unspecified atom stereocenters. The number of nitrogens with one attached hydrogen (secondary N) is 1. The van der Waals surface area contributed by atoms with Gasteiger partial charge in [0.1, 0.15) is 11.6 Å². The van der Waals surface area contributed by atoms with Crippen LogP contribution in [0.2, 0.25) is 5.02 Å². The zero-order chi connectivity index (χ0) is 23.5. The van der Waals surface area contributed by atoms with Crippen LogP contribution in [0.15, 0.2) is 73.5 Å². The highest BCUT2D eigenvalue weighted by Crippen LogP contribution is 2.30. The molecule has 0 aliphatic heterocycles. The number of nitrogens with zero attached hydrogens (tertiary/aromatic N) is 1. The number of aryl methyl sites for hydroxylation is 2. The lowest BCUT2D eigenvalue weighted by atomic mass is 9.86. The van der Waals surface area contributed by atoms with Crippen molar-refractivity contribution in [2.24, 2.45) is 11.8 Å². The van der Waals surface area contributed by atoms with E-state index in [0.717, 1.165) is 21.6 Å². The predicted octanol–water partition coefficient (Wildman–Crippen LogP) is 7.86. The molecule has 1 aliphatic rings. The van der Waals surface area contributed by atoms with Gasteiger partial charge in [0.25, 0.3) is 0 Å². The molecule has 0 saturated carbocycles. The molecule has 3 aromatic rings. The van der Waals surface area contributed by atoms with Gasteiger partial charge < -0.3 is 5.32 Å². The quantitative estimate of drug-likeness (QED) is 0.353. The average Bonchev–Trinajstić information content (AvgIpc) is 3.20. The zero-order valence-corrected chi connectivity index (χ0v) is 19.9. The number of halogens is 3. The monoisotopic (exact) mass is 482 g/mol. The fraction of sp³-hybridized carbons (Fsp3) is 0.222. The van der Waals surface area contributed by atoms with Gasteiger partial charge in [0.05, 0.1) is 20.8 Å². The van der Waals surface area contributed by atoms with E-state index in [1.165, 1.54) is 12.1 Å². The minimum atomic E-state index is -0.649. The summed E-state index contributed by atoms with van der Waals surface area (Å²) in [4.78, 5) is 4.58. The maximum absolute atomic E-state index is 15.3. The van der Waals surface area contributed by atoms with Crippen molar-refractivity contribution in [3.63, 3.8) is 0 Å². The zero-order valence-electron chi connectivity index (χ0n) is 18.4.